The average molecular weight is 258 g/mol. The van der Waals surface area contributed by atoms with Gasteiger partial charge in [0.15, 0.2) is 0 Å². The first-order valence-electron chi connectivity index (χ1n) is 6.03. The van der Waals surface area contributed by atoms with Crippen LogP contribution in [0.4, 0.5) is 4.39 Å². The third kappa shape index (κ3) is 3.39. The van der Waals surface area contributed by atoms with Crippen LogP contribution in [-0.2, 0) is 13.0 Å². The molecule has 1 atom stereocenters. The van der Waals surface area contributed by atoms with Gasteiger partial charge in [0, 0.05) is 24.2 Å². The van der Waals surface area contributed by atoms with E-state index < -0.39 is 0 Å². The molecule has 1 heterocycles. The number of hydrogen-bond acceptors (Lipinski definition) is 3. The largest absolute Gasteiger partial charge is 0.333 e. The molecular formula is C14H15FN4. The minimum absolute atomic E-state index is 0.0509. The molecule has 1 unspecified atom stereocenters. The molecule has 0 fully saturated rings. The highest BCUT2D eigenvalue weighted by Crippen LogP contribution is 2.12. The van der Waals surface area contributed by atoms with Crippen molar-refractivity contribution in [1.29, 1.82) is 5.26 Å². The van der Waals surface area contributed by atoms with Gasteiger partial charge in [-0.1, -0.05) is 6.07 Å². The summed E-state index contributed by atoms with van der Waals surface area (Å²) in [6.07, 6.45) is 4.22. The first kappa shape index (κ1) is 13.2. The van der Waals surface area contributed by atoms with Crippen LogP contribution in [0.1, 0.15) is 23.7 Å². The monoisotopic (exact) mass is 258 g/mol. The number of nitrogens with two attached hydrogens (primary N) is 1. The summed E-state index contributed by atoms with van der Waals surface area (Å²) in [6, 6.07) is 6.44. The highest BCUT2D eigenvalue weighted by Gasteiger charge is 2.06. The van der Waals surface area contributed by atoms with Crippen molar-refractivity contribution >= 4 is 0 Å². The van der Waals surface area contributed by atoms with E-state index in [1.54, 1.807) is 18.5 Å². The molecule has 0 spiro atoms. The number of hydrogen-bond donors (Lipinski definition) is 1. The van der Waals surface area contributed by atoms with Crippen molar-refractivity contribution in [1.82, 2.24) is 9.55 Å². The molecule has 1 aromatic carbocycles. The van der Waals surface area contributed by atoms with Gasteiger partial charge in [-0.05, 0) is 19.1 Å². The Balaban J connectivity index is 2.13. The Hall–Kier alpha value is -2.19. The van der Waals surface area contributed by atoms with Crippen LogP contribution in [0.3, 0.4) is 0 Å². The van der Waals surface area contributed by atoms with E-state index in [9.17, 15) is 4.39 Å². The highest BCUT2D eigenvalue weighted by atomic mass is 19.1. The first-order chi connectivity index (χ1) is 9.08. The fourth-order valence-electron chi connectivity index (χ4n) is 1.87. The molecule has 19 heavy (non-hydrogen) atoms. The van der Waals surface area contributed by atoms with Crippen molar-refractivity contribution in [3.63, 3.8) is 0 Å². The third-order valence-electron chi connectivity index (χ3n) is 2.75. The van der Waals surface area contributed by atoms with Gasteiger partial charge in [-0.15, -0.1) is 0 Å². The maximum Gasteiger partial charge on any atom is 0.129 e. The predicted octanol–water partition coefficient (Wildman–Crippen LogP) is 1.83. The molecule has 0 aliphatic heterocycles. The lowest BCUT2D eigenvalue weighted by molar-refractivity contribution is 0.598. The molecule has 0 aliphatic rings. The van der Waals surface area contributed by atoms with Crippen molar-refractivity contribution in [3.05, 3.63) is 53.4 Å². The van der Waals surface area contributed by atoms with Crippen LogP contribution in [0.2, 0.25) is 0 Å². The lowest BCUT2D eigenvalue weighted by Crippen LogP contribution is -2.17. The molecule has 2 rings (SSSR count). The molecule has 2 aromatic rings. The number of rotatable bonds is 4. The van der Waals surface area contributed by atoms with Crippen molar-refractivity contribution in [2.75, 3.05) is 0 Å². The van der Waals surface area contributed by atoms with Gasteiger partial charge in [0.25, 0.3) is 0 Å². The SMILES string of the molecule is CC(N)Cc1cn(Cc2ccc(C#N)cc2F)cn1. The van der Waals surface area contributed by atoms with Crippen molar-refractivity contribution in [2.24, 2.45) is 5.73 Å². The van der Waals surface area contributed by atoms with Gasteiger partial charge in [-0.2, -0.15) is 5.26 Å². The second-order valence-corrected chi connectivity index (χ2v) is 4.64. The van der Waals surface area contributed by atoms with Crippen LogP contribution in [0.25, 0.3) is 0 Å². The van der Waals surface area contributed by atoms with Crippen LogP contribution in [-0.4, -0.2) is 15.6 Å². The molecule has 0 saturated carbocycles. The zero-order valence-electron chi connectivity index (χ0n) is 10.7. The van der Waals surface area contributed by atoms with Gasteiger partial charge in [-0.25, -0.2) is 9.37 Å². The minimum atomic E-state index is -0.374. The van der Waals surface area contributed by atoms with Gasteiger partial charge < -0.3 is 10.3 Å². The average Bonchev–Trinajstić information content (AvgIpc) is 2.78. The Morgan fingerprint density at radius 3 is 2.95 bits per heavy atom. The topological polar surface area (TPSA) is 67.6 Å². The summed E-state index contributed by atoms with van der Waals surface area (Å²) in [5, 5.41) is 8.69. The molecule has 0 radical (unpaired) electrons. The molecule has 5 heteroatoms. The van der Waals surface area contributed by atoms with E-state index in [0.717, 1.165) is 5.69 Å². The number of halogens is 1. The van der Waals surface area contributed by atoms with E-state index >= 15 is 0 Å². The summed E-state index contributed by atoms with van der Waals surface area (Å²) in [6.45, 7) is 2.31. The summed E-state index contributed by atoms with van der Waals surface area (Å²) >= 11 is 0. The van der Waals surface area contributed by atoms with Gasteiger partial charge in [-0.3, -0.25) is 0 Å². The molecule has 98 valence electrons. The van der Waals surface area contributed by atoms with E-state index in [2.05, 4.69) is 4.98 Å². The van der Waals surface area contributed by atoms with E-state index in [1.165, 1.54) is 6.07 Å². The number of benzene rings is 1. The summed E-state index contributed by atoms with van der Waals surface area (Å²) in [4.78, 5) is 4.22. The molecule has 0 aliphatic carbocycles. The minimum Gasteiger partial charge on any atom is -0.333 e. The molecular weight excluding hydrogens is 243 g/mol. The van der Waals surface area contributed by atoms with Crippen molar-refractivity contribution in [2.45, 2.75) is 25.9 Å². The molecule has 2 N–H and O–H groups in total. The Labute approximate surface area is 111 Å². The molecule has 0 amide bonds. The Morgan fingerprint density at radius 2 is 2.32 bits per heavy atom. The predicted molar refractivity (Wildman–Crippen MR) is 69.8 cm³/mol. The van der Waals surface area contributed by atoms with Crippen molar-refractivity contribution in [3.8, 4) is 6.07 Å². The Morgan fingerprint density at radius 1 is 1.53 bits per heavy atom. The van der Waals surface area contributed by atoms with Crippen molar-refractivity contribution < 1.29 is 4.39 Å². The maximum atomic E-state index is 13.7. The van der Waals surface area contributed by atoms with Gasteiger partial charge >= 0.3 is 0 Å². The Bertz CT molecular complexity index is 610. The standard InChI is InChI=1S/C14H15FN4/c1-10(17)4-13-8-19(9-18-13)7-12-3-2-11(6-16)5-14(12)15/h2-3,5,8-10H,4,7,17H2,1H3. The van der Waals surface area contributed by atoms with E-state index in [0.29, 0.717) is 24.1 Å². The van der Waals surface area contributed by atoms with Crippen LogP contribution < -0.4 is 5.73 Å². The summed E-state index contributed by atoms with van der Waals surface area (Å²) in [5.41, 5.74) is 7.45. The molecule has 4 nitrogen and oxygen atoms in total. The molecule has 1 aromatic heterocycles. The normalized spacial score (nSPS) is 12.1. The van der Waals surface area contributed by atoms with Crippen LogP contribution in [0.5, 0.6) is 0 Å². The van der Waals surface area contributed by atoms with Gasteiger partial charge in [0.2, 0.25) is 0 Å². The van der Waals surface area contributed by atoms with E-state index in [-0.39, 0.29) is 11.9 Å². The summed E-state index contributed by atoms with van der Waals surface area (Å²) < 4.78 is 15.5. The fourth-order valence-corrected chi connectivity index (χ4v) is 1.87. The smallest absolute Gasteiger partial charge is 0.129 e. The van der Waals surface area contributed by atoms with Crippen LogP contribution >= 0.6 is 0 Å². The number of nitriles is 1. The first-order valence-corrected chi connectivity index (χ1v) is 6.03. The van der Waals surface area contributed by atoms with Crippen LogP contribution in [0, 0.1) is 17.1 Å². The van der Waals surface area contributed by atoms with Crippen LogP contribution in [0.15, 0.2) is 30.7 Å². The quantitative estimate of drug-likeness (QED) is 0.909. The Kier molecular flexibility index (Phi) is 3.93. The third-order valence-corrected chi connectivity index (χ3v) is 2.75. The number of aromatic nitrogens is 2. The fraction of sp³-hybridized carbons (Fsp3) is 0.286. The second-order valence-electron chi connectivity index (χ2n) is 4.64. The number of imidazole rings is 1. The lowest BCUT2D eigenvalue weighted by atomic mass is 10.1. The zero-order valence-corrected chi connectivity index (χ0v) is 10.7. The highest BCUT2D eigenvalue weighted by molar-refractivity contribution is 5.33. The van der Waals surface area contributed by atoms with E-state index in [4.69, 9.17) is 11.0 Å². The second kappa shape index (κ2) is 5.63. The lowest BCUT2D eigenvalue weighted by Gasteiger charge is -2.04. The van der Waals surface area contributed by atoms with E-state index in [1.807, 2.05) is 23.8 Å². The molecule has 0 saturated heterocycles. The molecule has 0 bridgehead atoms. The number of nitrogens with zero attached hydrogens (tertiary/aromatic N) is 3. The maximum absolute atomic E-state index is 13.7. The summed E-state index contributed by atoms with van der Waals surface area (Å²) in [7, 11) is 0. The summed E-state index contributed by atoms with van der Waals surface area (Å²) in [5.74, 6) is -0.374. The van der Waals surface area contributed by atoms with Gasteiger partial charge in [0.05, 0.1) is 30.2 Å². The van der Waals surface area contributed by atoms with Gasteiger partial charge in [0.1, 0.15) is 5.82 Å². The zero-order chi connectivity index (χ0) is 13.8.